The van der Waals surface area contributed by atoms with E-state index < -0.39 is 0 Å². The van der Waals surface area contributed by atoms with Gasteiger partial charge in [0.05, 0.1) is 17.6 Å². The molecule has 1 fully saturated rings. The highest BCUT2D eigenvalue weighted by Gasteiger charge is 2.30. The Kier molecular flexibility index (Phi) is 5.26. The number of fused-ring (bicyclic) bond motifs is 1. The number of rotatable bonds is 3. The number of piperazine rings is 1. The summed E-state index contributed by atoms with van der Waals surface area (Å²) >= 11 is 0. The maximum Gasteiger partial charge on any atom is 0.322 e. The zero-order chi connectivity index (χ0) is 22.1. The van der Waals surface area contributed by atoms with Crippen LogP contribution in [-0.2, 0) is 6.42 Å². The summed E-state index contributed by atoms with van der Waals surface area (Å²) in [4.78, 5) is 34.4. The Balaban J connectivity index is 1.30. The third-order valence-electron chi connectivity index (χ3n) is 6.02. The van der Waals surface area contributed by atoms with Crippen LogP contribution < -0.4 is 10.2 Å². The van der Waals surface area contributed by atoms with Crippen LogP contribution in [0.15, 0.2) is 49.2 Å². The lowest BCUT2D eigenvalue weighted by atomic mass is 10.1. The summed E-state index contributed by atoms with van der Waals surface area (Å²) in [7, 11) is 0. The number of hydrogen-bond donors (Lipinski definition) is 1. The van der Waals surface area contributed by atoms with Crippen LogP contribution in [-0.4, -0.2) is 56.5 Å². The molecule has 0 aromatic carbocycles. The van der Waals surface area contributed by atoms with Crippen LogP contribution in [0.4, 0.5) is 16.3 Å². The Labute approximate surface area is 187 Å². The number of allylic oxidation sites excluding steroid dienone is 1. The number of pyridine rings is 2. The molecule has 1 atom stereocenters. The van der Waals surface area contributed by atoms with Crippen molar-refractivity contribution in [3.63, 3.8) is 0 Å². The van der Waals surface area contributed by atoms with Gasteiger partial charge in [0.15, 0.2) is 0 Å². The zero-order valence-electron chi connectivity index (χ0n) is 18.2. The predicted octanol–water partition coefficient (Wildman–Crippen LogP) is 3.41. The Bertz CT molecular complexity index is 1160. The zero-order valence-corrected chi connectivity index (χ0v) is 18.2. The van der Waals surface area contributed by atoms with Gasteiger partial charge in [0.2, 0.25) is 0 Å². The smallest absolute Gasteiger partial charge is 0.322 e. The molecule has 0 bridgehead atoms. The fourth-order valence-corrected chi connectivity index (χ4v) is 4.31. The van der Waals surface area contributed by atoms with Crippen LogP contribution in [0.3, 0.4) is 0 Å². The van der Waals surface area contributed by atoms with Crippen LogP contribution in [0.5, 0.6) is 0 Å². The van der Waals surface area contributed by atoms with E-state index in [2.05, 4.69) is 43.2 Å². The Morgan fingerprint density at radius 1 is 1.09 bits per heavy atom. The number of amides is 2. The normalized spacial score (nSPS) is 17.7. The highest BCUT2D eigenvalue weighted by Crippen LogP contribution is 2.35. The Morgan fingerprint density at radius 3 is 2.69 bits per heavy atom. The van der Waals surface area contributed by atoms with Gasteiger partial charge >= 0.3 is 6.03 Å². The molecule has 8 heteroatoms. The van der Waals surface area contributed by atoms with Crippen molar-refractivity contribution in [2.75, 3.05) is 29.9 Å². The molecule has 1 aliphatic carbocycles. The molecule has 3 aromatic heterocycles. The number of nitrogens with one attached hydrogen (secondary N) is 1. The molecule has 3 aromatic rings. The molecule has 0 unspecified atom stereocenters. The van der Waals surface area contributed by atoms with Crippen LogP contribution in [0.1, 0.15) is 29.4 Å². The number of nitrogens with zero attached hydrogens (tertiary/aromatic N) is 6. The summed E-state index contributed by atoms with van der Waals surface area (Å²) in [5, 5.41) is 2.96. The fourth-order valence-electron chi connectivity index (χ4n) is 4.31. The first-order chi connectivity index (χ1) is 15.6. The maximum absolute atomic E-state index is 12.8. The van der Waals surface area contributed by atoms with Crippen LogP contribution in [0, 0.1) is 6.92 Å². The average Bonchev–Trinajstić information content (AvgIpc) is 3.25. The SMILES string of the molecule is Cc1ccc(NC(=O)N2CCN(c3ncnc4c3C=C(c3ccncc3)C4)C[C@H]2C)cn1. The molecule has 2 aliphatic rings. The molecule has 5 rings (SSSR count). The first kappa shape index (κ1) is 20.1. The van der Waals surface area contributed by atoms with E-state index in [0.29, 0.717) is 25.3 Å². The van der Waals surface area contributed by atoms with Gasteiger partial charge in [-0.15, -0.1) is 0 Å². The number of aromatic nitrogens is 4. The lowest BCUT2D eigenvalue weighted by molar-refractivity contribution is 0.184. The third-order valence-corrected chi connectivity index (χ3v) is 6.02. The standard InChI is InChI=1S/C24H25N7O/c1-16-3-4-20(13-26-16)29-24(32)31-10-9-30(14-17(31)2)23-21-11-19(12-22(21)27-15-28-23)18-5-7-25-8-6-18/h3-8,11,13,15,17H,9-10,12,14H2,1-2H3,(H,29,32)/t17-/m1/s1. The molecule has 0 saturated carbocycles. The first-order valence-electron chi connectivity index (χ1n) is 10.8. The molecule has 1 N–H and O–H groups in total. The Morgan fingerprint density at radius 2 is 1.94 bits per heavy atom. The van der Waals surface area contributed by atoms with Crippen LogP contribution >= 0.6 is 0 Å². The van der Waals surface area contributed by atoms with E-state index in [1.54, 1.807) is 12.5 Å². The lowest BCUT2D eigenvalue weighted by Crippen LogP contribution is -2.55. The van der Waals surface area contributed by atoms with Crippen LogP contribution in [0.2, 0.25) is 0 Å². The van der Waals surface area contributed by atoms with E-state index in [1.165, 1.54) is 5.57 Å². The second-order valence-electron chi connectivity index (χ2n) is 8.25. The van der Waals surface area contributed by atoms with Crippen molar-refractivity contribution in [1.82, 2.24) is 24.8 Å². The van der Waals surface area contributed by atoms with Crippen molar-refractivity contribution < 1.29 is 4.79 Å². The summed E-state index contributed by atoms with van der Waals surface area (Å²) in [6.45, 7) is 6.03. The topological polar surface area (TPSA) is 87.1 Å². The van der Waals surface area contributed by atoms with E-state index in [0.717, 1.165) is 34.8 Å². The predicted molar refractivity (Wildman–Crippen MR) is 124 cm³/mol. The molecule has 1 aliphatic heterocycles. The van der Waals surface area contributed by atoms with Gasteiger partial charge < -0.3 is 15.1 Å². The summed E-state index contributed by atoms with van der Waals surface area (Å²) in [5.74, 6) is 0.939. The summed E-state index contributed by atoms with van der Waals surface area (Å²) in [6, 6.07) is 7.74. The number of urea groups is 1. The van der Waals surface area contributed by atoms with Gasteiger partial charge in [0.1, 0.15) is 12.1 Å². The van der Waals surface area contributed by atoms with Crippen molar-refractivity contribution >= 4 is 29.2 Å². The number of carbonyl (C=O) groups is 1. The van der Waals surface area contributed by atoms with Crippen LogP contribution in [0.25, 0.3) is 11.6 Å². The van der Waals surface area contributed by atoms with Gasteiger partial charge in [-0.25, -0.2) is 14.8 Å². The molecule has 4 heterocycles. The van der Waals surface area contributed by atoms with E-state index in [9.17, 15) is 4.79 Å². The minimum Gasteiger partial charge on any atom is -0.352 e. The lowest BCUT2D eigenvalue weighted by Gasteiger charge is -2.40. The van der Waals surface area contributed by atoms with E-state index in [1.807, 2.05) is 48.5 Å². The molecule has 162 valence electrons. The second kappa shape index (κ2) is 8.37. The molecule has 0 spiro atoms. The second-order valence-corrected chi connectivity index (χ2v) is 8.25. The molecule has 8 nitrogen and oxygen atoms in total. The molecule has 32 heavy (non-hydrogen) atoms. The minimum absolute atomic E-state index is 0.0397. The summed E-state index contributed by atoms with van der Waals surface area (Å²) in [6.07, 6.45) is 9.93. The number of hydrogen-bond acceptors (Lipinski definition) is 6. The summed E-state index contributed by atoms with van der Waals surface area (Å²) in [5.41, 5.74) is 6.13. The highest BCUT2D eigenvalue weighted by atomic mass is 16.2. The Hall–Kier alpha value is -3.81. The molecule has 2 amide bonds. The molecule has 0 radical (unpaired) electrons. The number of aryl methyl sites for hydroxylation is 1. The fraction of sp³-hybridized carbons (Fsp3) is 0.292. The average molecular weight is 428 g/mol. The monoisotopic (exact) mass is 427 g/mol. The molecular weight excluding hydrogens is 402 g/mol. The van der Waals surface area contributed by atoms with E-state index >= 15 is 0 Å². The highest BCUT2D eigenvalue weighted by molar-refractivity contribution is 5.91. The van der Waals surface area contributed by atoms with Crippen molar-refractivity contribution in [1.29, 1.82) is 0 Å². The molecular formula is C24H25N7O. The van der Waals surface area contributed by atoms with Crippen molar-refractivity contribution in [3.8, 4) is 0 Å². The third kappa shape index (κ3) is 3.91. The van der Waals surface area contributed by atoms with Crippen molar-refractivity contribution in [2.24, 2.45) is 0 Å². The van der Waals surface area contributed by atoms with E-state index in [-0.39, 0.29) is 12.1 Å². The number of anilines is 2. The maximum atomic E-state index is 12.8. The first-order valence-corrected chi connectivity index (χ1v) is 10.8. The minimum atomic E-state index is -0.101. The molecule has 1 saturated heterocycles. The summed E-state index contributed by atoms with van der Waals surface area (Å²) < 4.78 is 0. The van der Waals surface area contributed by atoms with Gasteiger partial charge in [0, 0.05) is 55.7 Å². The van der Waals surface area contributed by atoms with Crippen molar-refractivity contribution in [2.45, 2.75) is 26.3 Å². The van der Waals surface area contributed by atoms with Gasteiger partial charge in [0.25, 0.3) is 0 Å². The number of carbonyl (C=O) groups excluding carboxylic acids is 1. The van der Waals surface area contributed by atoms with Gasteiger partial charge in [-0.3, -0.25) is 9.97 Å². The van der Waals surface area contributed by atoms with Crippen molar-refractivity contribution in [3.05, 3.63) is 71.7 Å². The van der Waals surface area contributed by atoms with Gasteiger partial charge in [-0.05, 0) is 55.3 Å². The van der Waals surface area contributed by atoms with Gasteiger partial charge in [-0.1, -0.05) is 0 Å². The van der Waals surface area contributed by atoms with E-state index in [4.69, 9.17) is 0 Å². The quantitative estimate of drug-likeness (QED) is 0.689. The van der Waals surface area contributed by atoms with Gasteiger partial charge in [-0.2, -0.15) is 0 Å². The largest absolute Gasteiger partial charge is 0.352 e.